The maximum absolute atomic E-state index is 5.96. The lowest BCUT2D eigenvalue weighted by Crippen LogP contribution is -1.90. The molecule has 0 aliphatic carbocycles. The highest BCUT2D eigenvalue weighted by Crippen LogP contribution is 2.33. The molecule has 1 nitrogen and oxygen atoms in total. The second kappa shape index (κ2) is 6.09. The molecule has 0 N–H and O–H groups in total. The summed E-state index contributed by atoms with van der Waals surface area (Å²) in [6.07, 6.45) is 0. The second-order valence-electron chi connectivity index (χ2n) is 3.92. The molecular weight excluding hydrogens is 379 g/mol. The normalized spacial score (nSPS) is 10.4. The third-order valence-corrected chi connectivity index (χ3v) is 3.93. The minimum Gasteiger partial charge on any atom is -0.456 e. The van der Waals surface area contributed by atoms with E-state index in [1.165, 1.54) is 5.56 Å². The lowest BCUT2D eigenvalue weighted by atomic mass is 10.2. The largest absolute Gasteiger partial charge is 0.456 e. The van der Waals surface area contributed by atoms with Gasteiger partial charge in [-0.15, -0.1) is 0 Å². The Hall–Kier alpha value is -0.510. The molecule has 0 aliphatic heterocycles. The number of hydrogen-bond donors (Lipinski definition) is 0. The number of hydrogen-bond acceptors (Lipinski definition) is 1. The minimum atomic E-state index is 0.701. The van der Waals surface area contributed by atoms with Crippen molar-refractivity contribution in [3.63, 3.8) is 0 Å². The fraction of sp³-hybridized carbons (Fsp3) is 0.143. The molecule has 0 spiro atoms. The molecule has 0 fully saturated rings. The quantitative estimate of drug-likeness (QED) is 0.576. The summed E-state index contributed by atoms with van der Waals surface area (Å²) in [5.74, 6) is 1.60. The SMILES string of the molecule is Cc1ccc(Oc2ccc(Cl)cc2CBr)c(Br)c1. The summed E-state index contributed by atoms with van der Waals surface area (Å²) in [5, 5.41) is 1.41. The van der Waals surface area contributed by atoms with Gasteiger partial charge in [-0.2, -0.15) is 0 Å². The minimum absolute atomic E-state index is 0.701. The van der Waals surface area contributed by atoms with Crippen molar-refractivity contribution in [1.29, 1.82) is 0 Å². The van der Waals surface area contributed by atoms with Crippen molar-refractivity contribution in [2.75, 3.05) is 0 Å². The van der Waals surface area contributed by atoms with E-state index in [0.29, 0.717) is 10.4 Å². The summed E-state index contributed by atoms with van der Waals surface area (Å²) >= 11 is 12.9. The molecule has 0 amide bonds. The highest BCUT2D eigenvalue weighted by molar-refractivity contribution is 9.10. The van der Waals surface area contributed by atoms with Crippen molar-refractivity contribution >= 4 is 43.5 Å². The Bertz CT molecular complexity index is 570. The number of alkyl halides is 1. The molecule has 0 heterocycles. The van der Waals surface area contributed by atoms with E-state index in [2.05, 4.69) is 31.9 Å². The van der Waals surface area contributed by atoms with Crippen molar-refractivity contribution in [3.8, 4) is 11.5 Å². The van der Waals surface area contributed by atoms with E-state index >= 15 is 0 Å². The molecule has 0 aliphatic rings. The Morgan fingerprint density at radius 1 is 1.11 bits per heavy atom. The number of rotatable bonds is 3. The van der Waals surface area contributed by atoms with E-state index in [-0.39, 0.29) is 0 Å². The standard InChI is InChI=1S/C14H11Br2ClO/c1-9-2-4-14(12(16)6-9)18-13-5-3-11(17)7-10(13)8-15/h2-7H,8H2,1H3. The first-order valence-corrected chi connectivity index (χ1v) is 7.68. The van der Waals surface area contributed by atoms with Gasteiger partial charge >= 0.3 is 0 Å². The molecule has 0 bridgehead atoms. The molecule has 2 rings (SSSR count). The average molecular weight is 391 g/mol. The van der Waals surface area contributed by atoms with Crippen molar-refractivity contribution < 1.29 is 4.74 Å². The Morgan fingerprint density at radius 3 is 2.50 bits per heavy atom. The molecule has 2 aromatic carbocycles. The highest BCUT2D eigenvalue weighted by Gasteiger charge is 2.07. The summed E-state index contributed by atoms with van der Waals surface area (Å²) < 4.78 is 6.85. The van der Waals surface area contributed by atoms with Crippen molar-refractivity contribution in [2.24, 2.45) is 0 Å². The predicted molar refractivity (Wildman–Crippen MR) is 83.0 cm³/mol. The molecule has 4 heteroatoms. The smallest absolute Gasteiger partial charge is 0.141 e. The lowest BCUT2D eigenvalue weighted by molar-refractivity contribution is 0.475. The van der Waals surface area contributed by atoms with Crippen molar-refractivity contribution in [3.05, 3.63) is 57.0 Å². The first kappa shape index (κ1) is 13.9. The van der Waals surface area contributed by atoms with Crippen LogP contribution in [0.3, 0.4) is 0 Å². The highest BCUT2D eigenvalue weighted by atomic mass is 79.9. The van der Waals surface area contributed by atoms with Crippen LogP contribution in [-0.4, -0.2) is 0 Å². The van der Waals surface area contributed by atoms with Gasteiger partial charge in [0.15, 0.2) is 0 Å². The first-order valence-electron chi connectivity index (χ1n) is 5.38. The van der Waals surface area contributed by atoms with Gasteiger partial charge < -0.3 is 4.74 Å². The van der Waals surface area contributed by atoms with Gasteiger partial charge in [-0.25, -0.2) is 0 Å². The fourth-order valence-corrected chi connectivity index (χ4v) is 2.77. The van der Waals surface area contributed by atoms with Crippen LogP contribution in [0, 0.1) is 6.92 Å². The van der Waals surface area contributed by atoms with E-state index in [4.69, 9.17) is 16.3 Å². The number of ether oxygens (including phenoxy) is 1. The zero-order chi connectivity index (χ0) is 13.1. The topological polar surface area (TPSA) is 9.23 Å². The molecule has 2 aromatic rings. The summed E-state index contributed by atoms with van der Waals surface area (Å²) in [4.78, 5) is 0. The maximum atomic E-state index is 5.96. The molecule has 0 radical (unpaired) electrons. The summed E-state index contributed by atoms with van der Waals surface area (Å²) in [6.45, 7) is 2.04. The average Bonchev–Trinajstić information content (AvgIpc) is 2.34. The van der Waals surface area contributed by atoms with E-state index in [1.54, 1.807) is 0 Å². The van der Waals surface area contributed by atoms with Crippen LogP contribution in [0.5, 0.6) is 11.5 Å². The molecule has 0 saturated carbocycles. The summed E-state index contributed by atoms with van der Waals surface area (Å²) in [5.41, 5.74) is 2.21. The van der Waals surface area contributed by atoms with Gasteiger partial charge in [-0.1, -0.05) is 33.6 Å². The monoisotopic (exact) mass is 388 g/mol. The molecule has 0 saturated heterocycles. The Kier molecular flexibility index (Phi) is 4.71. The third-order valence-electron chi connectivity index (χ3n) is 2.47. The molecule has 0 unspecified atom stereocenters. The number of halogens is 3. The van der Waals surface area contributed by atoms with E-state index in [0.717, 1.165) is 21.5 Å². The second-order valence-corrected chi connectivity index (χ2v) is 5.77. The lowest BCUT2D eigenvalue weighted by Gasteiger charge is -2.11. The van der Waals surface area contributed by atoms with Crippen LogP contribution in [0.2, 0.25) is 5.02 Å². The molecule has 0 atom stereocenters. The van der Waals surface area contributed by atoms with Gasteiger partial charge in [0.25, 0.3) is 0 Å². The van der Waals surface area contributed by atoms with E-state index < -0.39 is 0 Å². The van der Waals surface area contributed by atoms with Crippen LogP contribution >= 0.6 is 43.5 Å². The van der Waals surface area contributed by atoms with Crippen molar-refractivity contribution in [1.82, 2.24) is 0 Å². The third kappa shape index (κ3) is 3.28. The van der Waals surface area contributed by atoms with Crippen LogP contribution < -0.4 is 4.74 Å². The predicted octanol–water partition coefficient (Wildman–Crippen LogP) is 6.10. The zero-order valence-corrected chi connectivity index (χ0v) is 13.6. The van der Waals surface area contributed by atoms with Gasteiger partial charge in [0.2, 0.25) is 0 Å². The van der Waals surface area contributed by atoms with Gasteiger partial charge in [0.05, 0.1) is 4.47 Å². The van der Waals surface area contributed by atoms with Gasteiger partial charge in [-0.05, 0) is 58.7 Å². The van der Waals surface area contributed by atoms with Gasteiger partial charge in [-0.3, -0.25) is 0 Å². The first-order chi connectivity index (χ1) is 8.60. The van der Waals surface area contributed by atoms with Gasteiger partial charge in [0, 0.05) is 15.9 Å². The van der Waals surface area contributed by atoms with Crippen LogP contribution in [0.15, 0.2) is 40.9 Å². The maximum Gasteiger partial charge on any atom is 0.141 e. The Balaban J connectivity index is 2.33. The van der Waals surface area contributed by atoms with Gasteiger partial charge in [0.1, 0.15) is 11.5 Å². The number of benzene rings is 2. The van der Waals surface area contributed by atoms with Crippen LogP contribution in [0.25, 0.3) is 0 Å². The van der Waals surface area contributed by atoms with Crippen LogP contribution in [-0.2, 0) is 5.33 Å². The van der Waals surface area contributed by atoms with Crippen molar-refractivity contribution in [2.45, 2.75) is 12.3 Å². The summed E-state index contributed by atoms with van der Waals surface area (Å²) in [7, 11) is 0. The molecule has 94 valence electrons. The Labute approximate surface area is 128 Å². The summed E-state index contributed by atoms with van der Waals surface area (Å²) in [6, 6.07) is 11.6. The molecular formula is C14H11Br2ClO. The Morgan fingerprint density at radius 2 is 1.83 bits per heavy atom. The molecule has 18 heavy (non-hydrogen) atoms. The van der Waals surface area contributed by atoms with Crippen LogP contribution in [0.1, 0.15) is 11.1 Å². The fourth-order valence-electron chi connectivity index (χ4n) is 1.56. The van der Waals surface area contributed by atoms with E-state index in [9.17, 15) is 0 Å². The number of aryl methyl sites for hydroxylation is 1. The molecule has 0 aromatic heterocycles. The van der Waals surface area contributed by atoms with E-state index in [1.807, 2.05) is 43.3 Å². The zero-order valence-electron chi connectivity index (χ0n) is 9.71. The van der Waals surface area contributed by atoms with Crippen LogP contribution in [0.4, 0.5) is 0 Å².